The van der Waals surface area contributed by atoms with E-state index in [9.17, 15) is 4.79 Å². The number of carbonyl (C=O) groups excluding carboxylic acids is 1. The summed E-state index contributed by atoms with van der Waals surface area (Å²) < 4.78 is 1.94. The van der Waals surface area contributed by atoms with Gasteiger partial charge in [0.25, 0.3) is 0 Å². The molecule has 0 fully saturated rings. The zero-order valence-corrected chi connectivity index (χ0v) is 14.3. The summed E-state index contributed by atoms with van der Waals surface area (Å²) in [6, 6.07) is 8.16. The van der Waals surface area contributed by atoms with Crippen LogP contribution in [0.4, 0.5) is 0 Å². The van der Waals surface area contributed by atoms with Crippen LogP contribution in [0.3, 0.4) is 0 Å². The van der Waals surface area contributed by atoms with Gasteiger partial charge in [-0.25, -0.2) is 0 Å². The number of para-hydroxylation sites is 1. The van der Waals surface area contributed by atoms with Crippen molar-refractivity contribution in [3.05, 3.63) is 36.2 Å². The van der Waals surface area contributed by atoms with Gasteiger partial charge in [0.1, 0.15) is 6.33 Å². The first-order chi connectivity index (χ1) is 10.4. The number of rotatable bonds is 5. The summed E-state index contributed by atoms with van der Waals surface area (Å²) in [5.74, 6) is 0.320. The van der Waals surface area contributed by atoms with Gasteiger partial charge in [-0.3, -0.25) is 9.36 Å². The maximum Gasteiger partial charge on any atom is 0.230 e. The number of aromatic nitrogens is 3. The number of thioether (sulfide) groups is 1. The molecule has 1 aromatic heterocycles. The van der Waals surface area contributed by atoms with E-state index in [4.69, 9.17) is 0 Å². The minimum Gasteiger partial charge on any atom is -0.351 e. The molecule has 0 spiro atoms. The molecule has 0 aliphatic carbocycles. The van der Waals surface area contributed by atoms with Crippen molar-refractivity contribution in [1.29, 1.82) is 0 Å². The number of nitrogens with one attached hydrogen (secondary N) is 1. The summed E-state index contributed by atoms with van der Waals surface area (Å²) in [6.45, 7) is 8.02. The van der Waals surface area contributed by atoms with Crippen molar-refractivity contribution in [2.75, 3.05) is 5.75 Å². The van der Waals surface area contributed by atoms with Gasteiger partial charge >= 0.3 is 0 Å². The van der Waals surface area contributed by atoms with Crippen LogP contribution in [-0.4, -0.2) is 32.0 Å². The van der Waals surface area contributed by atoms with Crippen LogP contribution >= 0.6 is 11.8 Å². The second kappa shape index (κ2) is 6.96. The SMILES string of the molecule is CCc1ccccc1-n1cnnc1SCC(=O)NC(C)(C)C. The van der Waals surface area contributed by atoms with E-state index < -0.39 is 0 Å². The minimum absolute atomic E-state index is 0.00386. The number of aryl methyl sites for hydroxylation is 1. The van der Waals surface area contributed by atoms with Gasteiger partial charge in [-0.1, -0.05) is 36.9 Å². The fraction of sp³-hybridized carbons (Fsp3) is 0.438. The average Bonchev–Trinajstić information content (AvgIpc) is 2.91. The van der Waals surface area contributed by atoms with Gasteiger partial charge < -0.3 is 5.32 Å². The molecule has 0 saturated carbocycles. The molecular formula is C16H22N4OS. The molecule has 1 amide bonds. The van der Waals surface area contributed by atoms with E-state index in [1.54, 1.807) is 6.33 Å². The van der Waals surface area contributed by atoms with E-state index in [0.29, 0.717) is 5.75 Å². The molecule has 118 valence electrons. The van der Waals surface area contributed by atoms with Crippen LogP contribution in [-0.2, 0) is 11.2 Å². The Morgan fingerprint density at radius 3 is 2.73 bits per heavy atom. The molecule has 0 aliphatic rings. The first-order valence-electron chi connectivity index (χ1n) is 7.33. The third kappa shape index (κ3) is 4.34. The van der Waals surface area contributed by atoms with Crippen molar-refractivity contribution in [3.8, 4) is 5.69 Å². The molecule has 0 radical (unpaired) electrons. The lowest BCUT2D eigenvalue weighted by atomic mass is 10.1. The summed E-state index contributed by atoms with van der Waals surface area (Å²) in [7, 11) is 0. The van der Waals surface area contributed by atoms with Gasteiger partial charge in [0, 0.05) is 5.54 Å². The smallest absolute Gasteiger partial charge is 0.230 e. The molecule has 2 aromatic rings. The summed E-state index contributed by atoms with van der Waals surface area (Å²) in [5.41, 5.74) is 2.07. The Balaban J connectivity index is 2.12. The van der Waals surface area contributed by atoms with Crippen LogP contribution in [0, 0.1) is 0 Å². The lowest BCUT2D eigenvalue weighted by Gasteiger charge is -2.20. The first-order valence-corrected chi connectivity index (χ1v) is 8.31. The van der Waals surface area contributed by atoms with Gasteiger partial charge in [-0.2, -0.15) is 0 Å². The van der Waals surface area contributed by atoms with Crippen LogP contribution < -0.4 is 5.32 Å². The molecule has 0 unspecified atom stereocenters. The number of hydrogen-bond acceptors (Lipinski definition) is 4. The van der Waals surface area contributed by atoms with Crippen LogP contribution in [0.25, 0.3) is 5.69 Å². The largest absolute Gasteiger partial charge is 0.351 e. The van der Waals surface area contributed by atoms with Gasteiger partial charge in [0.05, 0.1) is 11.4 Å². The van der Waals surface area contributed by atoms with Crippen molar-refractivity contribution in [1.82, 2.24) is 20.1 Å². The molecule has 0 bridgehead atoms. The van der Waals surface area contributed by atoms with E-state index in [2.05, 4.69) is 28.5 Å². The molecule has 6 heteroatoms. The molecule has 1 N–H and O–H groups in total. The van der Waals surface area contributed by atoms with Crippen LogP contribution in [0.2, 0.25) is 0 Å². The van der Waals surface area contributed by atoms with Gasteiger partial charge in [-0.05, 0) is 38.8 Å². The van der Waals surface area contributed by atoms with E-state index >= 15 is 0 Å². The summed E-state index contributed by atoms with van der Waals surface area (Å²) in [5, 5.41) is 11.8. The van der Waals surface area contributed by atoms with Crippen molar-refractivity contribution in [3.63, 3.8) is 0 Å². The maximum atomic E-state index is 11.9. The lowest BCUT2D eigenvalue weighted by molar-refractivity contribution is -0.119. The van der Waals surface area contributed by atoms with Crippen LogP contribution in [0.15, 0.2) is 35.7 Å². The average molecular weight is 318 g/mol. The second-order valence-corrected chi connectivity index (χ2v) is 7.00. The molecule has 1 heterocycles. The zero-order chi connectivity index (χ0) is 16.2. The normalized spacial score (nSPS) is 11.5. The third-order valence-electron chi connectivity index (χ3n) is 3.00. The molecule has 0 aliphatic heterocycles. The van der Waals surface area contributed by atoms with Crippen LogP contribution in [0.5, 0.6) is 0 Å². The Morgan fingerprint density at radius 2 is 2.05 bits per heavy atom. The number of benzene rings is 1. The monoisotopic (exact) mass is 318 g/mol. The van der Waals surface area contributed by atoms with Crippen molar-refractivity contribution in [2.24, 2.45) is 0 Å². The Bertz CT molecular complexity index is 646. The number of amides is 1. The molecule has 0 saturated heterocycles. The van der Waals surface area contributed by atoms with E-state index in [1.165, 1.54) is 17.3 Å². The molecule has 5 nitrogen and oxygen atoms in total. The first kappa shape index (κ1) is 16.5. The molecule has 2 rings (SSSR count). The molecular weight excluding hydrogens is 296 g/mol. The zero-order valence-electron chi connectivity index (χ0n) is 13.5. The summed E-state index contributed by atoms with van der Waals surface area (Å²) in [6.07, 6.45) is 2.63. The standard InChI is InChI=1S/C16H22N4OS/c1-5-12-8-6-7-9-13(12)20-11-17-19-15(20)22-10-14(21)18-16(2,3)4/h6-9,11H,5,10H2,1-4H3,(H,18,21). The van der Waals surface area contributed by atoms with E-state index in [-0.39, 0.29) is 11.4 Å². The predicted octanol–water partition coefficient (Wildman–Crippen LogP) is 2.84. The number of nitrogens with zero attached hydrogens (tertiary/aromatic N) is 3. The predicted molar refractivity (Wildman–Crippen MR) is 89.4 cm³/mol. The fourth-order valence-corrected chi connectivity index (χ4v) is 2.84. The van der Waals surface area contributed by atoms with Crippen molar-refractivity contribution < 1.29 is 4.79 Å². The Hall–Kier alpha value is -1.82. The molecule has 1 aromatic carbocycles. The highest BCUT2D eigenvalue weighted by Crippen LogP contribution is 2.22. The van der Waals surface area contributed by atoms with E-state index in [0.717, 1.165) is 17.3 Å². The highest BCUT2D eigenvalue weighted by molar-refractivity contribution is 7.99. The highest BCUT2D eigenvalue weighted by atomic mass is 32.2. The highest BCUT2D eigenvalue weighted by Gasteiger charge is 2.16. The maximum absolute atomic E-state index is 11.9. The summed E-state index contributed by atoms with van der Waals surface area (Å²) in [4.78, 5) is 11.9. The number of carbonyl (C=O) groups is 1. The third-order valence-corrected chi connectivity index (χ3v) is 3.94. The van der Waals surface area contributed by atoms with Gasteiger partial charge in [0.2, 0.25) is 5.91 Å². The second-order valence-electron chi connectivity index (χ2n) is 6.05. The van der Waals surface area contributed by atoms with Gasteiger partial charge in [-0.15, -0.1) is 10.2 Å². The Morgan fingerprint density at radius 1 is 1.32 bits per heavy atom. The van der Waals surface area contributed by atoms with E-state index in [1.807, 2.05) is 43.5 Å². The quantitative estimate of drug-likeness (QED) is 0.861. The Kier molecular flexibility index (Phi) is 5.24. The molecule has 22 heavy (non-hydrogen) atoms. The fourth-order valence-electron chi connectivity index (χ4n) is 2.12. The lowest BCUT2D eigenvalue weighted by Crippen LogP contribution is -2.41. The molecule has 0 atom stereocenters. The Labute approximate surface area is 135 Å². The topological polar surface area (TPSA) is 59.8 Å². The van der Waals surface area contributed by atoms with Crippen LogP contribution in [0.1, 0.15) is 33.3 Å². The summed E-state index contributed by atoms with van der Waals surface area (Å²) >= 11 is 1.39. The minimum atomic E-state index is -0.222. The number of hydrogen-bond donors (Lipinski definition) is 1. The van der Waals surface area contributed by atoms with Crippen molar-refractivity contribution >= 4 is 17.7 Å². The van der Waals surface area contributed by atoms with Crippen molar-refractivity contribution in [2.45, 2.75) is 44.8 Å². The van der Waals surface area contributed by atoms with Gasteiger partial charge in [0.15, 0.2) is 5.16 Å².